The summed E-state index contributed by atoms with van der Waals surface area (Å²) in [6.45, 7) is 9.62. The second-order valence-electron chi connectivity index (χ2n) is 9.60. The third kappa shape index (κ3) is 6.41. The molecular weight excluding hydrogens is 526 g/mol. The van der Waals surface area contributed by atoms with E-state index in [2.05, 4.69) is 21.9 Å². The van der Waals surface area contributed by atoms with Crippen LogP contribution in [0.3, 0.4) is 0 Å². The van der Waals surface area contributed by atoms with E-state index < -0.39 is 23.5 Å². The van der Waals surface area contributed by atoms with Crippen LogP contribution >= 0.6 is 0 Å². The van der Waals surface area contributed by atoms with E-state index in [9.17, 15) is 18.7 Å². The normalized spacial score (nSPS) is 12.2. The third-order valence-corrected chi connectivity index (χ3v) is 6.35. The Balaban J connectivity index is 1.69. The number of benzene rings is 3. The van der Waals surface area contributed by atoms with E-state index in [1.165, 1.54) is 42.7 Å². The predicted octanol–water partition coefficient (Wildman–Crippen LogP) is 7.14. The van der Waals surface area contributed by atoms with Gasteiger partial charge in [-0.15, -0.1) is 0 Å². The summed E-state index contributed by atoms with van der Waals surface area (Å²) in [6, 6.07) is 16.1. The number of nitrogens with two attached hydrogens (primary N) is 1. The van der Waals surface area contributed by atoms with Gasteiger partial charge in [0.15, 0.2) is 5.78 Å². The van der Waals surface area contributed by atoms with Gasteiger partial charge in [0.05, 0.1) is 29.5 Å². The zero-order valence-corrected chi connectivity index (χ0v) is 22.9. The Morgan fingerprint density at radius 1 is 1.02 bits per heavy atom. The van der Waals surface area contributed by atoms with Gasteiger partial charge in [-0.1, -0.05) is 43.0 Å². The molecule has 1 atom stereocenters. The maximum atomic E-state index is 14.9. The van der Waals surface area contributed by atoms with E-state index in [-0.39, 0.29) is 45.6 Å². The number of hydrogen-bond acceptors (Lipinski definition) is 7. The molecule has 0 aliphatic heterocycles. The van der Waals surface area contributed by atoms with Crippen LogP contribution in [-0.4, -0.2) is 27.0 Å². The van der Waals surface area contributed by atoms with Gasteiger partial charge in [0.25, 0.3) is 0 Å². The van der Waals surface area contributed by atoms with Crippen LogP contribution in [0, 0.1) is 11.6 Å². The Morgan fingerprint density at radius 2 is 1.78 bits per heavy atom. The summed E-state index contributed by atoms with van der Waals surface area (Å²) in [5.74, 6) is -0.743. The summed E-state index contributed by atoms with van der Waals surface area (Å²) in [4.78, 5) is 22.0. The molecule has 0 radical (unpaired) electrons. The third-order valence-electron chi connectivity index (χ3n) is 6.35. The Hall–Kier alpha value is -5.05. The minimum Gasteiger partial charge on any atom is -0.515 e. The fourth-order valence-corrected chi connectivity index (χ4v) is 4.45. The topological polar surface area (TPSA) is 110 Å². The summed E-state index contributed by atoms with van der Waals surface area (Å²) in [5, 5.41) is 13.1. The van der Waals surface area contributed by atoms with Crippen LogP contribution in [0.1, 0.15) is 59.4 Å². The number of nitrogens with zero attached hydrogens (tertiary/aromatic N) is 2. The number of nitrogen functional groups attached to an aromatic ring is 1. The molecule has 4 N–H and O–H groups in total. The molecule has 210 valence electrons. The summed E-state index contributed by atoms with van der Waals surface area (Å²) >= 11 is 0. The molecule has 0 fully saturated rings. The van der Waals surface area contributed by atoms with Gasteiger partial charge in [-0.25, -0.2) is 18.7 Å². The number of nitrogens with one attached hydrogen (secondary N) is 1. The molecule has 1 heterocycles. The lowest BCUT2D eigenvalue weighted by molar-refractivity contribution is 0.105. The maximum Gasteiger partial charge on any atom is 0.197 e. The van der Waals surface area contributed by atoms with Crippen molar-refractivity contribution in [3.8, 4) is 5.75 Å². The fourth-order valence-electron chi connectivity index (χ4n) is 4.45. The van der Waals surface area contributed by atoms with Crippen molar-refractivity contribution in [3.05, 3.63) is 125 Å². The van der Waals surface area contributed by atoms with Crippen LogP contribution in [0.5, 0.6) is 5.75 Å². The average Bonchev–Trinajstić information content (AvgIpc) is 2.94. The number of ether oxygens (including phenoxy) is 1. The van der Waals surface area contributed by atoms with Crippen molar-refractivity contribution >= 4 is 28.6 Å². The van der Waals surface area contributed by atoms with Crippen molar-refractivity contribution in [2.24, 2.45) is 0 Å². The summed E-state index contributed by atoms with van der Waals surface area (Å²) in [6.07, 6.45) is 1.82. The molecule has 9 heteroatoms. The highest BCUT2D eigenvalue weighted by molar-refractivity contribution is 6.29. The van der Waals surface area contributed by atoms with E-state index >= 15 is 0 Å². The first-order valence-electron chi connectivity index (χ1n) is 12.9. The zero-order valence-electron chi connectivity index (χ0n) is 22.9. The fraction of sp³-hybridized carbons (Fsp3) is 0.156. The number of Topliss-reactive ketones (excluding diaryl/α,β-unsaturated/α-hetero) is 1. The Morgan fingerprint density at radius 3 is 2.49 bits per heavy atom. The summed E-state index contributed by atoms with van der Waals surface area (Å²) < 4.78 is 34.5. The number of allylic oxidation sites excluding steroid dienone is 1. The molecule has 3 aromatic carbocycles. The van der Waals surface area contributed by atoms with Crippen molar-refractivity contribution in [1.82, 2.24) is 9.97 Å². The number of halogens is 2. The van der Waals surface area contributed by atoms with Gasteiger partial charge in [0.2, 0.25) is 0 Å². The van der Waals surface area contributed by atoms with Gasteiger partial charge in [0, 0.05) is 11.1 Å². The summed E-state index contributed by atoms with van der Waals surface area (Å²) in [5.41, 5.74) is 7.95. The molecule has 0 aliphatic carbocycles. The first-order chi connectivity index (χ1) is 19.6. The molecule has 0 spiro atoms. The maximum absolute atomic E-state index is 14.9. The van der Waals surface area contributed by atoms with Gasteiger partial charge < -0.3 is 20.9 Å². The lowest BCUT2D eigenvalue weighted by Crippen LogP contribution is -2.16. The Bertz CT molecular complexity index is 1640. The molecular formula is C32H30F2N4O3. The number of aliphatic hydroxyl groups excluding tert-OH is 1. The first kappa shape index (κ1) is 28.9. The number of rotatable bonds is 10. The van der Waals surface area contributed by atoms with E-state index in [1.54, 1.807) is 37.3 Å². The van der Waals surface area contributed by atoms with E-state index in [1.807, 2.05) is 13.8 Å². The highest BCUT2D eigenvalue weighted by Crippen LogP contribution is 2.35. The molecule has 0 bridgehead atoms. The molecule has 4 aromatic rings. The molecule has 7 nitrogen and oxygen atoms in total. The SMILES string of the molecule is C=C(c1cc(OC(C)C)ccc1F)c1c(N)ncnc1NC(C)c1ccccc1C(=O)/C(=C\O)c1cccc(F)c1. The minimum atomic E-state index is -0.537. The zero-order chi connectivity index (χ0) is 29.7. The van der Waals surface area contributed by atoms with Crippen LogP contribution in [0.15, 0.2) is 85.9 Å². The van der Waals surface area contributed by atoms with Gasteiger partial charge in [0.1, 0.15) is 35.3 Å². The van der Waals surface area contributed by atoms with Crippen LogP contribution in [0.2, 0.25) is 0 Å². The van der Waals surface area contributed by atoms with Gasteiger partial charge in [-0.2, -0.15) is 0 Å². The van der Waals surface area contributed by atoms with Gasteiger partial charge in [-0.3, -0.25) is 4.79 Å². The lowest BCUT2D eigenvalue weighted by atomic mass is 9.92. The molecule has 0 amide bonds. The number of aliphatic hydroxyl groups is 1. The van der Waals surface area contributed by atoms with Gasteiger partial charge >= 0.3 is 0 Å². The minimum absolute atomic E-state index is 0.0662. The molecule has 0 aliphatic rings. The van der Waals surface area contributed by atoms with E-state index in [0.29, 0.717) is 23.1 Å². The van der Waals surface area contributed by atoms with Crippen molar-refractivity contribution in [2.45, 2.75) is 32.9 Å². The van der Waals surface area contributed by atoms with Crippen LogP contribution in [-0.2, 0) is 0 Å². The molecule has 0 saturated heterocycles. The monoisotopic (exact) mass is 556 g/mol. The molecule has 1 unspecified atom stereocenters. The number of aromatic nitrogens is 2. The summed E-state index contributed by atoms with van der Waals surface area (Å²) in [7, 11) is 0. The predicted molar refractivity (Wildman–Crippen MR) is 157 cm³/mol. The largest absolute Gasteiger partial charge is 0.515 e. The van der Waals surface area contributed by atoms with Crippen molar-refractivity contribution in [3.63, 3.8) is 0 Å². The van der Waals surface area contributed by atoms with Crippen molar-refractivity contribution in [1.29, 1.82) is 0 Å². The molecule has 1 aromatic heterocycles. The second-order valence-corrected chi connectivity index (χ2v) is 9.60. The van der Waals surface area contributed by atoms with Crippen LogP contribution < -0.4 is 15.8 Å². The highest BCUT2D eigenvalue weighted by Gasteiger charge is 2.23. The van der Waals surface area contributed by atoms with E-state index in [0.717, 1.165) is 0 Å². The van der Waals surface area contributed by atoms with Gasteiger partial charge in [-0.05, 0) is 67.8 Å². The standard InChI is InChI=1S/C32H30F2N4O3/c1-18(2)41-23-12-13-28(34)26(15-23)19(3)29-31(35)36-17-37-32(29)38-20(4)24-10-5-6-11-25(24)30(40)27(16-39)21-8-7-9-22(33)14-21/h5-18,20,39H,3H2,1-2,4H3,(H3,35,36,37,38)/b27-16-. The second kappa shape index (κ2) is 12.4. The number of anilines is 2. The highest BCUT2D eigenvalue weighted by atomic mass is 19.1. The van der Waals surface area contributed by atoms with Crippen molar-refractivity contribution in [2.75, 3.05) is 11.1 Å². The average molecular weight is 557 g/mol. The first-order valence-corrected chi connectivity index (χ1v) is 12.9. The van der Waals surface area contributed by atoms with Crippen LogP contribution in [0.25, 0.3) is 11.1 Å². The number of ketones is 1. The molecule has 4 rings (SSSR count). The molecule has 41 heavy (non-hydrogen) atoms. The quantitative estimate of drug-likeness (QED) is 0.108. The van der Waals surface area contributed by atoms with E-state index in [4.69, 9.17) is 10.5 Å². The number of hydrogen-bond donors (Lipinski definition) is 3. The Kier molecular flexibility index (Phi) is 8.77. The lowest BCUT2D eigenvalue weighted by Gasteiger charge is -2.22. The molecule has 0 saturated carbocycles. The van der Waals surface area contributed by atoms with Crippen LogP contribution in [0.4, 0.5) is 20.4 Å². The number of carbonyl (C=O) groups is 1. The van der Waals surface area contributed by atoms with Crippen molar-refractivity contribution < 1.29 is 23.4 Å². The smallest absolute Gasteiger partial charge is 0.197 e. The number of carbonyl (C=O) groups excluding carboxylic acids is 1. The Labute approximate surface area is 237 Å².